The summed E-state index contributed by atoms with van der Waals surface area (Å²) < 4.78 is 26.6. The van der Waals surface area contributed by atoms with E-state index >= 15 is 0 Å². The lowest BCUT2D eigenvalue weighted by molar-refractivity contribution is -0.135. The van der Waals surface area contributed by atoms with Crippen molar-refractivity contribution in [3.63, 3.8) is 0 Å². The first-order valence-corrected chi connectivity index (χ1v) is 5.95. The smallest absolute Gasteiger partial charge is 0.368 e. The molecule has 0 aromatic heterocycles. The molecule has 0 spiro atoms. The maximum absolute atomic E-state index is 12.0. The van der Waals surface area contributed by atoms with Crippen LogP contribution in [-0.4, -0.2) is 25.8 Å². The molecular weight excluding hydrogens is 207 g/mol. The number of carbonyl (C=O) groups is 1. The molecule has 0 aromatic carbocycles. The normalized spacial score (nSPS) is 16.7. The maximum Gasteiger partial charge on any atom is 0.368 e. The maximum atomic E-state index is 12.0. The third-order valence-corrected chi connectivity index (χ3v) is 3.74. The van der Waals surface area contributed by atoms with E-state index < -0.39 is 13.6 Å². The Labute approximate surface area is 82.6 Å². The number of hydrogen-bond donors (Lipinski definition) is 0. The second kappa shape index (κ2) is 4.73. The molecular formula is C8H13O5P. The summed E-state index contributed by atoms with van der Waals surface area (Å²) in [6.45, 7) is 3.96. The predicted molar refractivity (Wildman–Crippen MR) is 49.9 cm³/mol. The van der Waals surface area contributed by atoms with Crippen LogP contribution in [0.1, 0.15) is 13.8 Å². The molecule has 0 atom stereocenters. The molecule has 0 unspecified atom stereocenters. The van der Waals surface area contributed by atoms with Crippen LogP contribution in [0.15, 0.2) is 11.4 Å². The van der Waals surface area contributed by atoms with Crippen LogP contribution in [0.25, 0.3) is 0 Å². The van der Waals surface area contributed by atoms with Gasteiger partial charge in [0.15, 0.2) is 0 Å². The third kappa shape index (κ3) is 2.23. The molecule has 0 aromatic rings. The van der Waals surface area contributed by atoms with E-state index in [4.69, 9.17) is 9.05 Å². The zero-order valence-corrected chi connectivity index (χ0v) is 9.08. The number of rotatable bonds is 5. The van der Waals surface area contributed by atoms with Gasteiger partial charge < -0.3 is 13.8 Å². The molecule has 0 saturated carbocycles. The first kappa shape index (κ1) is 11.4. The average molecular weight is 220 g/mol. The summed E-state index contributed by atoms with van der Waals surface area (Å²) in [6.07, 6.45) is 1.44. The summed E-state index contributed by atoms with van der Waals surface area (Å²) in [5, 5.41) is 0.0150. The molecule has 1 aliphatic rings. The van der Waals surface area contributed by atoms with Gasteiger partial charge in [0.2, 0.25) is 0 Å². The van der Waals surface area contributed by atoms with Crippen molar-refractivity contribution in [1.82, 2.24) is 0 Å². The van der Waals surface area contributed by atoms with Gasteiger partial charge in [-0.15, -0.1) is 0 Å². The first-order valence-electron chi connectivity index (χ1n) is 4.41. The molecule has 80 valence electrons. The zero-order chi connectivity index (χ0) is 10.6. The summed E-state index contributed by atoms with van der Waals surface area (Å²) in [5.74, 6) is -0.616. The van der Waals surface area contributed by atoms with E-state index in [9.17, 15) is 9.36 Å². The molecule has 0 N–H and O–H groups in total. The quantitative estimate of drug-likeness (QED) is 0.521. The topological polar surface area (TPSA) is 61.8 Å². The van der Waals surface area contributed by atoms with Crippen LogP contribution in [0.2, 0.25) is 0 Å². The Morgan fingerprint density at radius 1 is 1.43 bits per heavy atom. The number of carbonyl (C=O) groups excluding carboxylic acids is 1. The predicted octanol–water partition coefficient (Wildman–Crippen LogP) is 1.69. The largest absolute Gasteiger partial charge is 0.458 e. The van der Waals surface area contributed by atoms with Gasteiger partial charge in [-0.3, -0.25) is 4.57 Å². The van der Waals surface area contributed by atoms with Gasteiger partial charge in [-0.1, -0.05) is 0 Å². The van der Waals surface area contributed by atoms with Crippen molar-refractivity contribution in [1.29, 1.82) is 0 Å². The summed E-state index contributed by atoms with van der Waals surface area (Å²) in [6, 6.07) is 0. The SMILES string of the molecule is CCOP(=O)(OCC)C1=CCOC1=O. The van der Waals surface area contributed by atoms with Crippen molar-refractivity contribution in [2.24, 2.45) is 0 Å². The summed E-state index contributed by atoms with van der Waals surface area (Å²) in [7, 11) is -3.44. The van der Waals surface area contributed by atoms with Crippen LogP contribution in [-0.2, 0) is 23.1 Å². The summed E-state index contributed by atoms with van der Waals surface area (Å²) >= 11 is 0. The van der Waals surface area contributed by atoms with Crippen molar-refractivity contribution in [2.75, 3.05) is 19.8 Å². The molecule has 0 amide bonds. The number of esters is 1. The van der Waals surface area contributed by atoms with Gasteiger partial charge in [0.05, 0.1) is 13.2 Å². The van der Waals surface area contributed by atoms with Crippen LogP contribution in [0.4, 0.5) is 0 Å². The van der Waals surface area contributed by atoms with Gasteiger partial charge in [0.25, 0.3) is 0 Å². The van der Waals surface area contributed by atoms with Gasteiger partial charge >= 0.3 is 13.6 Å². The molecule has 0 bridgehead atoms. The molecule has 0 saturated heterocycles. The molecule has 14 heavy (non-hydrogen) atoms. The van der Waals surface area contributed by atoms with Crippen molar-refractivity contribution in [3.8, 4) is 0 Å². The zero-order valence-electron chi connectivity index (χ0n) is 8.19. The lowest BCUT2D eigenvalue weighted by Gasteiger charge is -2.15. The third-order valence-electron chi connectivity index (χ3n) is 1.59. The second-order valence-electron chi connectivity index (χ2n) is 2.52. The number of cyclic esters (lactones) is 1. The van der Waals surface area contributed by atoms with E-state index in [2.05, 4.69) is 4.74 Å². The molecule has 0 radical (unpaired) electrons. The van der Waals surface area contributed by atoms with Crippen molar-refractivity contribution in [2.45, 2.75) is 13.8 Å². The molecule has 0 fully saturated rings. The lowest BCUT2D eigenvalue weighted by atomic mass is 10.6. The van der Waals surface area contributed by atoms with Gasteiger partial charge in [0.1, 0.15) is 11.9 Å². The van der Waals surface area contributed by atoms with Crippen molar-refractivity contribution < 1.29 is 23.1 Å². The fourth-order valence-electron chi connectivity index (χ4n) is 1.09. The highest BCUT2D eigenvalue weighted by Gasteiger charge is 2.38. The summed E-state index contributed by atoms with van der Waals surface area (Å²) in [4.78, 5) is 11.1. The second-order valence-corrected chi connectivity index (χ2v) is 4.51. The van der Waals surface area contributed by atoms with Crippen molar-refractivity contribution in [3.05, 3.63) is 11.4 Å². The van der Waals surface area contributed by atoms with E-state index in [1.54, 1.807) is 13.8 Å². The van der Waals surface area contributed by atoms with Crippen LogP contribution < -0.4 is 0 Å². The highest BCUT2D eigenvalue weighted by atomic mass is 31.2. The Kier molecular flexibility index (Phi) is 3.86. The van der Waals surface area contributed by atoms with Gasteiger partial charge in [-0.2, -0.15) is 0 Å². The first-order chi connectivity index (χ1) is 6.64. The van der Waals surface area contributed by atoms with E-state index in [0.717, 1.165) is 0 Å². The minimum atomic E-state index is -3.44. The fraction of sp³-hybridized carbons (Fsp3) is 0.625. The standard InChI is InChI=1S/C8H13O5P/c1-3-12-14(10,13-4-2)7-5-6-11-8(7)9/h5H,3-4,6H2,1-2H3. The van der Waals surface area contributed by atoms with Crippen LogP contribution in [0.5, 0.6) is 0 Å². The van der Waals surface area contributed by atoms with E-state index in [-0.39, 0.29) is 25.1 Å². The van der Waals surface area contributed by atoms with E-state index in [1.165, 1.54) is 6.08 Å². The number of hydrogen-bond acceptors (Lipinski definition) is 5. The minimum Gasteiger partial charge on any atom is -0.458 e. The van der Waals surface area contributed by atoms with E-state index in [0.29, 0.717) is 0 Å². The molecule has 1 aliphatic heterocycles. The highest BCUT2D eigenvalue weighted by Crippen LogP contribution is 2.57. The Bertz CT molecular complexity index is 286. The Balaban J connectivity index is 2.87. The molecule has 0 aliphatic carbocycles. The molecule has 1 heterocycles. The highest BCUT2D eigenvalue weighted by molar-refractivity contribution is 7.60. The van der Waals surface area contributed by atoms with Gasteiger partial charge in [0, 0.05) is 0 Å². The van der Waals surface area contributed by atoms with Crippen LogP contribution >= 0.6 is 7.60 Å². The Morgan fingerprint density at radius 2 is 2.00 bits per heavy atom. The molecule has 6 heteroatoms. The molecule has 1 rings (SSSR count). The summed E-state index contributed by atoms with van der Waals surface area (Å²) in [5.41, 5.74) is 0. The minimum absolute atomic E-state index is 0.0150. The Hall–Kier alpha value is -0.640. The van der Waals surface area contributed by atoms with Gasteiger partial charge in [-0.25, -0.2) is 4.79 Å². The van der Waals surface area contributed by atoms with Gasteiger partial charge in [-0.05, 0) is 19.9 Å². The van der Waals surface area contributed by atoms with E-state index in [1.807, 2.05) is 0 Å². The fourth-order valence-corrected chi connectivity index (χ4v) is 2.71. The molecule has 5 nitrogen and oxygen atoms in total. The Morgan fingerprint density at radius 3 is 2.36 bits per heavy atom. The number of ether oxygens (including phenoxy) is 1. The van der Waals surface area contributed by atoms with Crippen LogP contribution in [0.3, 0.4) is 0 Å². The van der Waals surface area contributed by atoms with Crippen molar-refractivity contribution >= 4 is 13.6 Å². The lowest BCUT2D eigenvalue weighted by Crippen LogP contribution is -2.05. The van der Waals surface area contributed by atoms with Crippen LogP contribution in [0, 0.1) is 0 Å². The average Bonchev–Trinajstić information content (AvgIpc) is 2.52. The monoisotopic (exact) mass is 220 g/mol.